The molecule has 1 aromatic rings. The molecule has 0 saturated heterocycles. The van der Waals surface area contributed by atoms with E-state index in [4.69, 9.17) is 4.74 Å². The van der Waals surface area contributed by atoms with Crippen LogP contribution in [-0.2, 0) is 0 Å². The molecule has 2 heteroatoms. The standard InChI is InChI=1S/C16H27NO/c1-5-17(6-2)12-7-13-18-16-10-8-15(9-11-16)14(3)4/h8-11,14H,5-7,12-13H2,1-4H3. The van der Waals surface area contributed by atoms with Gasteiger partial charge in [0.25, 0.3) is 0 Å². The van der Waals surface area contributed by atoms with Gasteiger partial charge in [-0.15, -0.1) is 0 Å². The lowest BCUT2D eigenvalue weighted by atomic mass is 10.0. The Morgan fingerprint density at radius 3 is 2.17 bits per heavy atom. The maximum atomic E-state index is 5.75. The van der Waals surface area contributed by atoms with E-state index in [1.165, 1.54) is 5.56 Å². The molecule has 0 aliphatic heterocycles. The monoisotopic (exact) mass is 249 g/mol. The number of rotatable bonds is 8. The third-order valence-corrected chi connectivity index (χ3v) is 3.33. The molecule has 102 valence electrons. The second-order valence-corrected chi connectivity index (χ2v) is 4.95. The number of nitrogens with zero attached hydrogens (tertiary/aromatic N) is 1. The van der Waals surface area contributed by atoms with Gasteiger partial charge >= 0.3 is 0 Å². The predicted molar refractivity (Wildman–Crippen MR) is 78.4 cm³/mol. The lowest BCUT2D eigenvalue weighted by molar-refractivity contribution is 0.249. The second kappa shape index (κ2) is 8.15. The summed E-state index contributed by atoms with van der Waals surface area (Å²) in [7, 11) is 0. The van der Waals surface area contributed by atoms with E-state index in [0.29, 0.717) is 5.92 Å². The van der Waals surface area contributed by atoms with Crippen LogP contribution in [0.2, 0.25) is 0 Å². The zero-order valence-electron chi connectivity index (χ0n) is 12.3. The predicted octanol–water partition coefficient (Wildman–Crippen LogP) is 3.92. The van der Waals surface area contributed by atoms with E-state index in [2.05, 4.69) is 56.9 Å². The molecule has 0 fully saturated rings. The van der Waals surface area contributed by atoms with Crippen molar-refractivity contribution in [3.05, 3.63) is 29.8 Å². The Morgan fingerprint density at radius 1 is 1.06 bits per heavy atom. The van der Waals surface area contributed by atoms with Crippen LogP contribution in [0.3, 0.4) is 0 Å². The SMILES string of the molecule is CCN(CC)CCCOc1ccc(C(C)C)cc1. The highest BCUT2D eigenvalue weighted by Gasteiger charge is 2.01. The van der Waals surface area contributed by atoms with Crippen molar-refractivity contribution in [2.75, 3.05) is 26.2 Å². The minimum Gasteiger partial charge on any atom is -0.494 e. The van der Waals surface area contributed by atoms with Gasteiger partial charge in [0.15, 0.2) is 0 Å². The Labute approximate surface area is 112 Å². The van der Waals surface area contributed by atoms with E-state index >= 15 is 0 Å². The molecule has 1 rings (SSSR count). The first-order chi connectivity index (χ1) is 8.67. The van der Waals surface area contributed by atoms with Crippen LogP contribution in [0.1, 0.15) is 45.6 Å². The van der Waals surface area contributed by atoms with Gasteiger partial charge in [-0.25, -0.2) is 0 Å². The average Bonchev–Trinajstić information content (AvgIpc) is 2.39. The first-order valence-electron chi connectivity index (χ1n) is 7.12. The summed E-state index contributed by atoms with van der Waals surface area (Å²) in [6.45, 7) is 13.0. The van der Waals surface area contributed by atoms with E-state index < -0.39 is 0 Å². The summed E-state index contributed by atoms with van der Waals surface area (Å²) in [6.07, 6.45) is 1.09. The van der Waals surface area contributed by atoms with E-state index in [1.807, 2.05) is 0 Å². The van der Waals surface area contributed by atoms with Crippen LogP contribution in [0, 0.1) is 0 Å². The Bertz CT molecular complexity index is 314. The smallest absolute Gasteiger partial charge is 0.119 e. The maximum Gasteiger partial charge on any atom is 0.119 e. The lowest BCUT2D eigenvalue weighted by Crippen LogP contribution is -2.25. The van der Waals surface area contributed by atoms with Crippen LogP contribution >= 0.6 is 0 Å². The summed E-state index contributed by atoms with van der Waals surface area (Å²) >= 11 is 0. The first-order valence-corrected chi connectivity index (χ1v) is 7.12. The van der Waals surface area contributed by atoms with Crippen LogP contribution in [0.4, 0.5) is 0 Å². The molecule has 0 bridgehead atoms. The molecule has 0 aliphatic carbocycles. The van der Waals surface area contributed by atoms with Gasteiger partial charge in [0, 0.05) is 6.54 Å². The third kappa shape index (κ3) is 5.09. The summed E-state index contributed by atoms with van der Waals surface area (Å²) in [5, 5.41) is 0. The fourth-order valence-corrected chi connectivity index (χ4v) is 1.97. The highest BCUT2D eigenvalue weighted by molar-refractivity contribution is 5.28. The summed E-state index contributed by atoms with van der Waals surface area (Å²) in [4.78, 5) is 2.42. The Kier molecular flexibility index (Phi) is 6.81. The van der Waals surface area contributed by atoms with Crippen LogP contribution in [-0.4, -0.2) is 31.1 Å². The zero-order chi connectivity index (χ0) is 13.4. The molecule has 0 unspecified atom stereocenters. The van der Waals surface area contributed by atoms with Crippen LogP contribution in [0.15, 0.2) is 24.3 Å². The highest BCUT2D eigenvalue weighted by Crippen LogP contribution is 2.18. The van der Waals surface area contributed by atoms with Crippen molar-refractivity contribution < 1.29 is 4.74 Å². The van der Waals surface area contributed by atoms with Gasteiger partial charge in [-0.2, -0.15) is 0 Å². The molecule has 1 aromatic carbocycles. The number of benzene rings is 1. The molecular weight excluding hydrogens is 222 g/mol. The Morgan fingerprint density at radius 2 is 1.67 bits per heavy atom. The fraction of sp³-hybridized carbons (Fsp3) is 0.625. The van der Waals surface area contributed by atoms with E-state index in [0.717, 1.165) is 38.4 Å². The van der Waals surface area contributed by atoms with Crippen molar-refractivity contribution in [1.29, 1.82) is 0 Å². The largest absolute Gasteiger partial charge is 0.494 e. The van der Waals surface area contributed by atoms with Crippen molar-refractivity contribution in [3.8, 4) is 5.75 Å². The van der Waals surface area contributed by atoms with Crippen LogP contribution in [0.25, 0.3) is 0 Å². The average molecular weight is 249 g/mol. The van der Waals surface area contributed by atoms with Gasteiger partial charge in [-0.3, -0.25) is 0 Å². The van der Waals surface area contributed by atoms with Gasteiger partial charge in [0.1, 0.15) is 5.75 Å². The quantitative estimate of drug-likeness (QED) is 0.647. The molecule has 2 nitrogen and oxygen atoms in total. The number of hydrogen-bond acceptors (Lipinski definition) is 2. The fourth-order valence-electron chi connectivity index (χ4n) is 1.97. The van der Waals surface area contributed by atoms with Gasteiger partial charge < -0.3 is 9.64 Å². The summed E-state index contributed by atoms with van der Waals surface area (Å²) in [5.41, 5.74) is 1.37. The minimum atomic E-state index is 0.585. The molecule has 0 saturated carbocycles. The summed E-state index contributed by atoms with van der Waals surface area (Å²) in [6, 6.07) is 8.47. The molecule has 0 aromatic heterocycles. The van der Waals surface area contributed by atoms with Gasteiger partial charge in [0.2, 0.25) is 0 Å². The van der Waals surface area contributed by atoms with E-state index in [1.54, 1.807) is 0 Å². The molecule has 0 amide bonds. The zero-order valence-corrected chi connectivity index (χ0v) is 12.3. The van der Waals surface area contributed by atoms with Crippen molar-refractivity contribution in [3.63, 3.8) is 0 Å². The third-order valence-electron chi connectivity index (χ3n) is 3.33. The number of ether oxygens (including phenoxy) is 1. The topological polar surface area (TPSA) is 12.5 Å². The lowest BCUT2D eigenvalue weighted by Gasteiger charge is -2.17. The van der Waals surface area contributed by atoms with Gasteiger partial charge in [0.05, 0.1) is 6.61 Å². The van der Waals surface area contributed by atoms with Gasteiger partial charge in [-0.1, -0.05) is 39.8 Å². The molecular formula is C16H27NO. The van der Waals surface area contributed by atoms with E-state index in [9.17, 15) is 0 Å². The number of hydrogen-bond donors (Lipinski definition) is 0. The van der Waals surface area contributed by atoms with E-state index in [-0.39, 0.29) is 0 Å². The molecule has 18 heavy (non-hydrogen) atoms. The second-order valence-electron chi connectivity index (χ2n) is 4.95. The van der Waals surface area contributed by atoms with Gasteiger partial charge in [-0.05, 0) is 43.1 Å². The summed E-state index contributed by atoms with van der Waals surface area (Å²) in [5.74, 6) is 1.57. The Hall–Kier alpha value is -1.02. The van der Waals surface area contributed by atoms with Crippen molar-refractivity contribution in [1.82, 2.24) is 4.90 Å². The molecule has 0 N–H and O–H groups in total. The molecule has 0 spiro atoms. The molecule has 0 atom stereocenters. The van der Waals surface area contributed by atoms with Crippen molar-refractivity contribution >= 4 is 0 Å². The molecule has 0 heterocycles. The van der Waals surface area contributed by atoms with Crippen molar-refractivity contribution in [2.24, 2.45) is 0 Å². The minimum absolute atomic E-state index is 0.585. The maximum absolute atomic E-state index is 5.75. The summed E-state index contributed by atoms with van der Waals surface area (Å²) < 4.78 is 5.75. The Balaban J connectivity index is 2.27. The normalized spacial score (nSPS) is 11.2. The van der Waals surface area contributed by atoms with Crippen LogP contribution in [0.5, 0.6) is 5.75 Å². The van der Waals surface area contributed by atoms with Crippen LogP contribution < -0.4 is 4.74 Å². The molecule has 0 aliphatic rings. The molecule has 0 radical (unpaired) electrons. The van der Waals surface area contributed by atoms with Crippen molar-refractivity contribution in [2.45, 2.75) is 40.0 Å². The first kappa shape index (κ1) is 15.0. The highest BCUT2D eigenvalue weighted by atomic mass is 16.5.